The summed E-state index contributed by atoms with van der Waals surface area (Å²) < 4.78 is 13.6. The van der Waals surface area contributed by atoms with E-state index in [1.54, 1.807) is 7.11 Å². The van der Waals surface area contributed by atoms with E-state index < -0.39 is 0 Å². The molecule has 0 saturated heterocycles. The average molecular weight is 464 g/mol. The molecule has 0 unspecified atom stereocenters. The van der Waals surface area contributed by atoms with Gasteiger partial charge in [0.2, 0.25) is 0 Å². The van der Waals surface area contributed by atoms with E-state index >= 15 is 0 Å². The number of methoxy groups -OCH3 is 1. The van der Waals surface area contributed by atoms with Crippen molar-refractivity contribution < 1.29 is 9.47 Å². The van der Waals surface area contributed by atoms with Crippen LogP contribution in [0.4, 0.5) is 0 Å². The van der Waals surface area contributed by atoms with Gasteiger partial charge in [0.15, 0.2) is 0 Å². The largest absolute Gasteiger partial charge is 0.497 e. The highest BCUT2D eigenvalue weighted by atomic mass is 16.5. The maximum Gasteiger partial charge on any atom is 0.136 e. The van der Waals surface area contributed by atoms with E-state index in [-0.39, 0.29) is 6.04 Å². The van der Waals surface area contributed by atoms with Gasteiger partial charge in [-0.2, -0.15) is 10.5 Å². The third-order valence-corrected chi connectivity index (χ3v) is 6.32. The van der Waals surface area contributed by atoms with Crippen molar-refractivity contribution in [3.05, 3.63) is 94.8 Å². The number of nitrogens with zero attached hydrogens (tertiary/aromatic N) is 5. The zero-order chi connectivity index (χ0) is 24.2. The number of fused-ring (bicyclic) bond motifs is 3. The molecule has 0 spiro atoms. The van der Waals surface area contributed by atoms with Crippen molar-refractivity contribution in [3.8, 4) is 17.9 Å². The van der Waals surface area contributed by atoms with Crippen LogP contribution in [0, 0.1) is 22.7 Å². The fourth-order valence-electron chi connectivity index (χ4n) is 4.63. The molecule has 0 aliphatic carbocycles. The first kappa shape index (κ1) is 22.6. The van der Waals surface area contributed by atoms with E-state index in [4.69, 9.17) is 25.0 Å². The van der Waals surface area contributed by atoms with Gasteiger partial charge in [-0.05, 0) is 47.5 Å². The van der Waals surface area contributed by atoms with Crippen LogP contribution in [0.2, 0.25) is 0 Å². The van der Waals surface area contributed by atoms with Crippen molar-refractivity contribution in [3.63, 3.8) is 0 Å². The Kier molecular flexibility index (Phi) is 6.45. The van der Waals surface area contributed by atoms with E-state index in [9.17, 15) is 0 Å². The fourth-order valence-corrected chi connectivity index (χ4v) is 4.63. The van der Waals surface area contributed by atoms with Crippen LogP contribution in [0.3, 0.4) is 0 Å². The lowest BCUT2D eigenvalue weighted by Crippen LogP contribution is -2.35. The predicted octanol–water partition coefficient (Wildman–Crippen LogP) is 4.56. The SMILES string of the molecule is COc1ccc2c(c1)nc1n2[C@@H](CN(Cc2ccc(C#N)cc2)Cc2ccc(C#N)cc2)COC1. The Bertz CT molecular complexity index is 1350. The Hall–Kier alpha value is -4.17. The van der Waals surface area contributed by atoms with Gasteiger partial charge in [-0.3, -0.25) is 4.90 Å². The number of aromatic nitrogens is 2. The van der Waals surface area contributed by atoms with Gasteiger partial charge in [0.25, 0.3) is 0 Å². The van der Waals surface area contributed by atoms with Crippen molar-refractivity contribution >= 4 is 11.0 Å². The second-order valence-corrected chi connectivity index (χ2v) is 8.71. The molecular formula is C28H25N5O2. The molecule has 0 fully saturated rings. The predicted molar refractivity (Wildman–Crippen MR) is 131 cm³/mol. The van der Waals surface area contributed by atoms with Crippen LogP contribution < -0.4 is 4.74 Å². The van der Waals surface area contributed by atoms with Gasteiger partial charge in [-0.1, -0.05) is 24.3 Å². The highest BCUT2D eigenvalue weighted by Gasteiger charge is 2.26. The van der Waals surface area contributed by atoms with Gasteiger partial charge in [0.05, 0.1) is 54.1 Å². The number of hydrogen-bond acceptors (Lipinski definition) is 6. The quantitative estimate of drug-likeness (QED) is 0.399. The van der Waals surface area contributed by atoms with Crippen molar-refractivity contribution in [2.45, 2.75) is 25.7 Å². The topological polar surface area (TPSA) is 87.1 Å². The zero-order valence-electron chi connectivity index (χ0n) is 19.5. The van der Waals surface area contributed by atoms with Crippen molar-refractivity contribution in [1.29, 1.82) is 10.5 Å². The summed E-state index contributed by atoms with van der Waals surface area (Å²) in [6.07, 6.45) is 0. The lowest BCUT2D eigenvalue weighted by Gasteiger charge is -2.32. The Morgan fingerprint density at radius 3 is 2.17 bits per heavy atom. The molecule has 4 aromatic rings. The highest BCUT2D eigenvalue weighted by Crippen LogP contribution is 2.29. The van der Waals surface area contributed by atoms with E-state index in [2.05, 4.69) is 27.7 Å². The molecule has 7 nitrogen and oxygen atoms in total. The summed E-state index contributed by atoms with van der Waals surface area (Å²) in [5, 5.41) is 18.3. The van der Waals surface area contributed by atoms with Crippen LogP contribution in [0.15, 0.2) is 66.7 Å². The van der Waals surface area contributed by atoms with Crippen LogP contribution >= 0.6 is 0 Å². The molecule has 35 heavy (non-hydrogen) atoms. The average Bonchev–Trinajstić information content (AvgIpc) is 3.28. The van der Waals surface area contributed by atoms with E-state index in [1.807, 2.05) is 60.7 Å². The first-order valence-electron chi connectivity index (χ1n) is 11.5. The van der Waals surface area contributed by atoms with Crippen molar-refractivity contribution in [2.24, 2.45) is 0 Å². The fraction of sp³-hybridized carbons (Fsp3) is 0.250. The van der Waals surface area contributed by atoms with Crippen molar-refractivity contribution in [2.75, 3.05) is 20.3 Å². The molecule has 5 rings (SSSR count). The molecule has 174 valence electrons. The van der Waals surface area contributed by atoms with Crippen LogP contribution in [-0.2, 0) is 24.4 Å². The zero-order valence-corrected chi connectivity index (χ0v) is 19.5. The smallest absolute Gasteiger partial charge is 0.136 e. The van der Waals surface area contributed by atoms with Gasteiger partial charge in [0.1, 0.15) is 18.2 Å². The normalized spacial score (nSPS) is 14.9. The van der Waals surface area contributed by atoms with Gasteiger partial charge in [-0.25, -0.2) is 4.98 Å². The molecule has 1 aliphatic rings. The molecular weight excluding hydrogens is 438 g/mol. The Morgan fingerprint density at radius 2 is 1.60 bits per heavy atom. The van der Waals surface area contributed by atoms with E-state index in [1.165, 1.54) is 0 Å². The number of benzene rings is 3. The summed E-state index contributed by atoms with van der Waals surface area (Å²) in [7, 11) is 1.66. The highest BCUT2D eigenvalue weighted by molar-refractivity contribution is 5.78. The summed E-state index contributed by atoms with van der Waals surface area (Å²) in [5.41, 5.74) is 5.55. The number of ether oxygens (including phenoxy) is 2. The third kappa shape index (κ3) is 4.88. The van der Waals surface area contributed by atoms with E-state index in [0.29, 0.717) is 24.3 Å². The maximum atomic E-state index is 9.14. The maximum absolute atomic E-state index is 9.14. The number of rotatable bonds is 7. The molecule has 2 heterocycles. The molecule has 0 N–H and O–H groups in total. The molecule has 0 radical (unpaired) electrons. The summed E-state index contributed by atoms with van der Waals surface area (Å²) >= 11 is 0. The first-order valence-corrected chi connectivity index (χ1v) is 11.5. The summed E-state index contributed by atoms with van der Waals surface area (Å²) in [6.45, 7) is 3.28. The number of hydrogen-bond donors (Lipinski definition) is 0. The molecule has 0 amide bonds. The van der Waals surface area contributed by atoms with Gasteiger partial charge < -0.3 is 14.0 Å². The first-order chi connectivity index (χ1) is 17.2. The second kappa shape index (κ2) is 9.99. The van der Waals surface area contributed by atoms with Crippen molar-refractivity contribution in [1.82, 2.24) is 14.5 Å². The Labute approximate surface area is 204 Å². The molecule has 3 aromatic carbocycles. The molecule has 0 bridgehead atoms. The van der Waals surface area contributed by atoms with Gasteiger partial charge >= 0.3 is 0 Å². The molecule has 1 aliphatic heterocycles. The van der Waals surface area contributed by atoms with E-state index in [0.717, 1.165) is 53.4 Å². The van der Waals surface area contributed by atoms with Crippen LogP contribution in [0.1, 0.15) is 34.1 Å². The lowest BCUT2D eigenvalue weighted by molar-refractivity contribution is 0.0402. The molecule has 1 atom stereocenters. The minimum Gasteiger partial charge on any atom is -0.497 e. The molecule has 1 aromatic heterocycles. The van der Waals surface area contributed by atoms with Gasteiger partial charge in [0, 0.05) is 25.7 Å². The minimum absolute atomic E-state index is 0.0916. The third-order valence-electron chi connectivity index (χ3n) is 6.32. The summed E-state index contributed by atoms with van der Waals surface area (Å²) in [6, 6.07) is 25.9. The van der Waals surface area contributed by atoms with Gasteiger partial charge in [-0.15, -0.1) is 0 Å². The lowest BCUT2D eigenvalue weighted by atomic mass is 10.1. The van der Waals surface area contributed by atoms with Crippen LogP contribution in [0.25, 0.3) is 11.0 Å². The number of imidazole rings is 1. The summed E-state index contributed by atoms with van der Waals surface area (Å²) in [4.78, 5) is 7.18. The Balaban J connectivity index is 1.44. The molecule has 7 heteroatoms. The number of nitriles is 2. The standard InChI is InChI=1S/C28H25N5O2/c1-34-25-10-11-27-26(12-25)31-28-19-35-18-24(33(27)28)17-32(15-22-6-2-20(13-29)3-7-22)16-23-8-4-21(14-30)5-9-23/h2-12,24H,15-19H2,1H3/t24-/m0/s1. The monoisotopic (exact) mass is 463 g/mol. The molecule has 0 saturated carbocycles. The van der Waals surface area contributed by atoms with Crippen LogP contribution in [-0.4, -0.2) is 34.7 Å². The Morgan fingerprint density at radius 1 is 0.971 bits per heavy atom. The summed E-state index contributed by atoms with van der Waals surface area (Å²) in [5.74, 6) is 1.70. The van der Waals surface area contributed by atoms with Crippen LogP contribution in [0.5, 0.6) is 5.75 Å². The second-order valence-electron chi connectivity index (χ2n) is 8.71. The minimum atomic E-state index is 0.0916.